The lowest BCUT2D eigenvalue weighted by Crippen LogP contribution is -2.49. The Hall–Kier alpha value is -1.26. The molecule has 0 saturated carbocycles. The molecule has 1 atom stereocenters. The van der Waals surface area contributed by atoms with Crippen molar-refractivity contribution in [3.05, 3.63) is 23.8 Å². The number of hydrogen-bond acceptors (Lipinski definition) is 4. The largest absolute Gasteiger partial charge is 0.484 e. The number of ether oxygens (including phenoxy) is 1. The van der Waals surface area contributed by atoms with Crippen LogP contribution >= 0.6 is 0 Å². The molecule has 1 aromatic rings. The second-order valence-corrected chi connectivity index (χ2v) is 7.57. The summed E-state index contributed by atoms with van der Waals surface area (Å²) in [4.78, 5) is 5.16. The Balaban J connectivity index is 1.60. The minimum atomic E-state index is -0.124. The highest BCUT2D eigenvalue weighted by Gasteiger charge is 2.26. The lowest BCUT2D eigenvalue weighted by molar-refractivity contribution is 0.106. The summed E-state index contributed by atoms with van der Waals surface area (Å²) in [6.45, 7) is 15.7. The molecule has 0 amide bonds. The van der Waals surface area contributed by atoms with Crippen molar-refractivity contribution in [1.82, 2.24) is 9.80 Å². The fourth-order valence-electron chi connectivity index (χ4n) is 3.56. The standard InChI is InChI=1S/C19H31N3O/c1-5-21-8-10-22(11-9-21)15(2)12-16-6-7-18-17(13-16)20-14-19(3,4)23-18/h6-7,13,15,20H,5,8-12,14H2,1-4H3. The average Bonchev–Trinajstić information content (AvgIpc) is 2.54. The van der Waals surface area contributed by atoms with E-state index in [4.69, 9.17) is 4.74 Å². The summed E-state index contributed by atoms with van der Waals surface area (Å²) in [6.07, 6.45) is 1.10. The number of hydrogen-bond donors (Lipinski definition) is 1. The van der Waals surface area contributed by atoms with Gasteiger partial charge in [-0.25, -0.2) is 0 Å². The number of nitrogens with zero attached hydrogens (tertiary/aromatic N) is 2. The van der Waals surface area contributed by atoms with Crippen molar-refractivity contribution >= 4 is 5.69 Å². The van der Waals surface area contributed by atoms with Gasteiger partial charge in [0.1, 0.15) is 11.4 Å². The second-order valence-electron chi connectivity index (χ2n) is 7.57. The fourth-order valence-corrected chi connectivity index (χ4v) is 3.56. The Morgan fingerprint density at radius 3 is 2.65 bits per heavy atom. The van der Waals surface area contributed by atoms with Gasteiger partial charge in [0.25, 0.3) is 0 Å². The predicted molar refractivity (Wildman–Crippen MR) is 96.5 cm³/mol. The van der Waals surface area contributed by atoms with Gasteiger partial charge in [-0.1, -0.05) is 13.0 Å². The van der Waals surface area contributed by atoms with E-state index in [-0.39, 0.29) is 5.60 Å². The molecule has 1 saturated heterocycles. The SMILES string of the molecule is CCN1CCN(C(C)Cc2ccc3c(c2)NCC(C)(C)O3)CC1. The maximum atomic E-state index is 6.04. The van der Waals surface area contributed by atoms with Gasteiger partial charge in [-0.2, -0.15) is 0 Å². The molecule has 0 aliphatic carbocycles. The highest BCUT2D eigenvalue weighted by Crippen LogP contribution is 2.33. The van der Waals surface area contributed by atoms with E-state index in [9.17, 15) is 0 Å². The van der Waals surface area contributed by atoms with Crippen LogP contribution in [0.1, 0.15) is 33.3 Å². The normalized spacial score (nSPS) is 22.8. The Kier molecular flexibility index (Phi) is 4.83. The molecule has 0 aromatic heterocycles. The predicted octanol–water partition coefficient (Wildman–Crippen LogP) is 2.84. The first-order valence-corrected chi connectivity index (χ1v) is 8.99. The van der Waals surface area contributed by atoms with E-state index >= 15 is 0 Å². The summed E-state index contributed by atoms with van der Waals surface area (Å²) in [7, 11) is 0. The van der Waals surface area contributed by atoms with Gasteiger partial charge < -0.3 is 15.0 Å². The lowest BCUT2D eigenvalue weighted by atomic mass is 10.0. The molecule has 3 rings (SSSR count). The quantitative estimate of drug-likeness (QED) is 0.924. The van der Waals surface area contributed by atoms with Gasteiger partial charge >= 0.3 is 0 Å². The van der Waals surface area contributed by atoms with Crippen LogP contribution in [0.5, 0.6) is 5.75 Å². The molecule has 4 nitrogen and oxygen atoms in total. The first-order valence-electron chi connectivity index (χ1n) is 8.99. The van der Waals surface area contributed by atoms with Crippen molar-refractivity contribution in [2.75, 3.05) is 44.6 Å². The Morgan fingerprint density at radius 1 is 1.22 bits per heavy atom. The monoisotopic (exact) mass is 317 g/mol. The van der Waals surface area contributed by atoms with E-state index in [2.05, 4.69) is 61.0 Å². The first kappa shape index (κ1) is 16.6. The van der Waals surface area contributed by atoms with Crippen LogP contribution in [-0.4, -0.2) is 60.7 Å². The number of fused-ring (bicyclic) bond motifs is 1. The molecule has 2 heterocycles. The van der Waals surface area contributed by atoms with E-state index in [1.54, 1.807) is 0 Å². The number of benzene rings is 1. The van der Waals surface area contributed by atoms with Gasteiger partial charge in [-0.05, 0) is 51.4 Å². The third-order valence-corrected chi connectivity index (χ3v) is 5.14. The van der Waals surface area contributed by atoms with Crippen molar-refractivity contribution in [3.63, 3.8) is 0 Å². The van der Waals surface area contributed by atoms with Crippen LogP contribution in [-0.2, 0) is 6.42 Å². The summed E-state index contributed by atoms with van der Waals surface area (Å²) >= 11 is 0. The van der Waals surface area contributed by atoms with Crippen molar-refractivity contribution in [2.45, 2.75) is 45.8 Å². The molecule has 1 unspecified atom stereocenters. The molecule has 4 heteroatoms. The molecule has 2 aliphatic heterocycles. The zero-order valence-electron chi connectivity index (χ0n) is 15.1. The third kappa shape index (κ3) is 3.99. The van der Waals surface area contributed by atoms with Crippen LogP contribution in [0.15, 0.2) is 18.2 Å². The van der Waals surface area contributed by atoms with Crippen LogP contribution < -0.4 is 10.1 Å². The Morgan fingerprint density at radius 2 is 1.96 bits per heavy atom. The molecule has 0 bridgehead atoms. The van der Waals surface area contributed by atoms with Crippen LogP contribution in [0.4, 0.5) is 5.69 Å². The number of piperazine rings is 1. The third-order valence-electron chi connectivity index (χ3n) is 5.14. The molecule has 1 fully saturated rings. The molecule has 128 valence electrons. The molecule has 2 aliphatic rings. The Bertz CT molecular complexity index is 535. The zero-order valence-corrected chi connectivity index (χ0v) is 15.1. The van der Waals surface area contributed by atoms with Gasteiger partial charge in [0.15, 0.2) is 0 Å². The molecule has 1 N–H and O–H groups in total. The van der Waals surface area contributed by atoms with Crippen LogP contribution in [0.2, 0.25) is 0 Å². The van der Waals surface area contributed by atoms with Gasteiger partial charge in [-0.15, -0.1) is 0 Å². The van der Waals surface area contributed by atoms with Gasteiger partial charge in [-0.3, -0.25) is 4.90 Å². The number of rotatable bonds is 4. The summed E-state index contributed by atoms with van der Waals surface area (Å²) in [5, 5.41) is 3.51. The minimum absolute atomic E-state index is 0.124. The van der Waals surface area contributed by atoms with E-state index in [0.29, 0.717) is 6.04 Å². The highest BCUT2D eigenvalue weighted by atomic mass is 16.5. The van der Waals surface area contributed by atoms with E-state index < -0.39 is 0 Å². The van der Waals surface area contributed by atoms with E-state index in [1.165, 1.54) is 38.3 Å². The van der Waals surface area contributed by atoms with Gasteiger partial charge in [0, 0.05) is 32.2 Å². The molecular formula is C19H31N3O. The van der Waals surface area contributed by atoms with Gasteiger partial charge in [0.05, 0.1) is 12.2 Å². The summed E-state index contributed by atoms with van der Waals surface area (Å²) < 4.78 is 6.04. The molecular weight excluding hydrogens is 286 g/mol. The van der Waals surface area contributed by atoms with Gasteiger partial charge in [0.2, 0.25) is 0 Å². The highest BCUT2D eigenvalue weighted by molar-refractivity contribution is 5.60. The number of likely N-dealkylation sites (N-methyl/N-ethyl adjacent to an activating group) is 1. The van der Waals surface area contributed by atoms with Crippen molar-refractivity contribution in [1.29, 1.82) is 0 Å². The second kappa shape index (κ2) is 6.70. The topological polar surface area (TPSA) is 27.7 Å². The Labute approximate surface area is 140 Å². The van der Waals surface area contributed by atoms with Crippen molar-refractivity contribution in [3.8, 4) is 5.75 Å². The maximum Gasteiger partial charge on any atom is 0.143 e. The van der Waals surface area contributed by atoms with Crippen molar-refractivity contribution in [2.24, 2.45) is 0 Å². The number of anilines is 1. The number of nitrogens with one attached hydrogen (secondary N) is 1. The van der Waals surface area contributed by atoms with Crippen LogP contribution in [0, 0.1) is 0 Å². The minimum Gasteiger partial charge on any atom is -0.484 e. The fraction of sp³-hybridized carbons (Fsp3) is 0.684. The van der Waals surface area contributed by atoms with E-state index in [1.807, 2.05) is 0 Å². The maximum absolute atomic E-state index is 6.04. The van der Waals surface area contributed by atoms with Crippen LogP contribution in [0.3, 0.4) is 0 Å². The molecule has 1 aromatic carbocycles. The zero-order chi connectivity index (χ0) is 16.4. The van der Waals surface area contributed by atoms with Crippen molar-refractivity contribution < 1.29 is 4.74 Å². The summed E-state index contributed by atoms with van der Waals surface area (Å²) in [5.74, 6) is 0.981. The summed E-state index contributed by atoms with van der Waals surface area (Å²) in [5.41, 5.74) is 2.41. The lowest BCUT2D eigenvalue weighted by Gasteiger charge is -2.38. The average molecular weight is 317 g/mol. The van der Waals surface area contributed by atoms with Crippen LogP contribution in [0.25, 0.3) is 0 Å². The molecule has 23 heavy (non-hydrogen) atoms. The smallest absolute Gasteiger partial charge is 0.143 e. The molecule has 0 spiro atoms. The van der Waals surface area contributed by atoms with E-state index in [0.717, 1.165) is 24.4 Å². The summed E-state index contributed by atoms with van der Waals surface area (Å²) in [6, 6.07) is 7.21. The first-order chi connectivity index (χ1) is 11.0. The molecule has 0 radical (unpaired) electrons.